The summed E-state index contributed by atoms with van der Waals surface area (Å²) in [7, 11) is 1.82. The summed E-state index contributed by atoms with van der Waals surface area (Å²) in [5.74, 6) is -1.38. The monoisotopic (exact) mass is 494 g/mol. The van der Waals surface area contributed by atoms with Crippen LogP contribution in [0.25, 0.3) is 22.6 Å². The number of pyridine rings is 1. The van der Waals surface area contributed by atoms with E-state index in [2.05, 4.69) is 15.4 Å². The highest BCUT2D eigenvalue weighted by atomic mass is 35.5. The second kappa shape index (κ2) is 8.66. The fourth-order valence-electron chi connectivity index (χ4n) is 4.39. The number of nitrogens with one attached hydrogen (secondary N) is 1. The summed E-state index contributed by atoms with van der Waals surface area (Å²) in [6, 6.07) is 4.77. The summed E-state index contributed by atoms with van der Waals surface area (Å²) >= 11 is 5.85. The number of halogens is 2. The number of fused-ring (bicyclic) bond motifs is 2. The maximum Gasteiger partial charge on any atom is 0.356 e. The first-order valence-electron chi connectivity index (χ1n) is 10.9. The lowest BCUT2D eigenvalue weighted by Gasteiger charge is -2.19. The van der Waals surface area contributed by atoms with Gasteiger partial charge >= 0.3 is 5.97 Å². The van der Waals surface area contributed by atoms with Gasteiger partial charge in [-0.3, -0.25) is 9.48 Å². The highest BCUT2D eigenvalue weighted by molar-refractivity contribution is 6.29. The Bertz CT molecular complexity index is 1590. The lowest BCUT2D eigenvalue weighted by molar-refractivity contribution is 0.0691. The second-order valence-corrected chi connectivity index (χ2v) is 8.82. The summed E-state index contributed by atoms with van der Waals surface area (Å²) in [6.07, 6.45) is 6.62. The van der Waals surface area contributed by atoms with Gasteiger partial charge in [-0.2, -0.15) is 5.10 Å². The molecule has 8 nitrogen and oxygen atoms in total. The Morgan fingerprint density at radius 3 is 2.86 bits per heavy atom. The second-order valence-electron chi connectivity index (χ2n) is 8.43. The Labute approximate surface area is 203 Å². The Hall–Kier alpha value is -3.98. The minimum atomic E-state index is -1.26. The van der Waals surface area contributed by atoms with Gasteiger partial charge in [0.2, 0.25) is 0 Å². The number of allylic oxidation sites excluding steroid dienone is 1. The van der Waals surface area contributed by atoms with Crippen LogP contribution >= 0.6 is 11.6 Å². The molecule has 0 fully saturated rings. The first kappa shape index (κ1) is 22.8. The van der Waals surface area contributed by atoms with Gasteiger partial charge in [0, 0.05) is 29.9 Å². The topological polar surface area (TPSA) is 110 Å². The summed E-state index contributed by atoms with van der Waals surface area (Å²) in [5, 5.41) is 16.9. The molecular formula is C25H20ClFN4O4. The Morgan fingerprint density at radius 1 is 1.34 bits per heavy atom. The van der Waals surface area contributed by atoms with Gasteiger partial charge in [0.1, 0.15) is 22.3 Å². The Morgan fingerprint density at radius 2 is 2.14 bits per heavy atom. The maximum absolute atomic E-state index is 14.6. The van der Waals surface area contributed by atoms with Crippen molar-refractivity contribution < 1.29 is 18.7 Å². The molecule has 1 aromatic carbocycles. The lowest BCUT2D eigenvalue weighted by Crippen LogP contribution is -2.15. The number of carboxylic acids is 1. The van der Waals surface area contributed by atoms with Crippen LogP contribution in [0.5, 0.6) is 0 Å². The van der Waals surface area contributed by atoms with E-state index >= 15 is 0 Å². The molecule has 0 bridgehead atoms. The fraction of sp³-hybridized carbons (Fsp3) is 0.200. The third kappa shape index (κ3) is 4.19. The molecule has 3 heterocycles. The van der Waals surface area contributed by atoms with E-state index < -0.39 is 17.8 Å². The van der Waals surface area contributed by atoms with E-state index in [4.69, 9.17) is 16.0 Å². The summed E-state index contributed by atoms with van der Waals surface area (Å²) in [4.78, 5) is 28.8. The van der Waals surface area contributed by atoms with Gasteiger partial charge in [-0.15, -0.1) is 0 Å². The molecule has 2 N–H and O–H groups in total. The molecule has 178 valence electrons. The minimum Gasteiger partial charge on any atom is -0.476 e. The number of aromatic nitrogens is 3. The standard InChI is InChI=1S/C25H20ClFN4O4/c1-12(29-19-5-6-20(26)30-21(19)25(33)34)17-8-15(27)9-18-22(32)16-4-3-14(23(16)35-24(17)18)7-13-10-28-31(2)11-13/h5-12,29H,3-4H2,1-2H3,(H,33,34)/t12-/m1/s1. The Kier molecular flexibility index (Phi) is 5.64. The van der Waals surface area contributed by atoms with Crippen LogP contribution in [-0.2, 0) is 13.5 Å². The molecule has 4 aromatic rings. The molecule has 0 saturated heterocycles. The first-order valence-corrected chi connectivity index (χ1v) is 11.2. The molecule has 0 spiro atoms. The molecule has 5 rings (SSSR count). The van der Waals surface area contributed by atoms with Crippen molar-refractivity contribution in [2.45, 2.75) is 25.8 Å². The van der Waals surface area contributed by atoms with Crippen LogP contribution in [0.15, 0.2) is 45.9 Å². The zero-order valence-corrected chi connectivity index (χ0v) is 19.6. The first-order chi connectivity index (χ1) is 16.7. The van der Waals surface area contributed by atoms with E-state index in [-0.39, 0.29) is 32.9 Å². The van der Waals surface area contributed by atoms with Crippen molar-refractivity contribution in [3.05, 3.63) is 86.0 Å². The van der Waals surface area contributed by atoms with Gasteiger partial charge in [-0.05, 0) is 55.7 Å². The fourth-order valence-corrected chi connectivity index (χ4v) is 4.53. The number of aromatic carboxylic acids is 1. The van der Waals surface area contributed by atoms with Crippen LogP contribution in [0.2, 0.25) is 5.15 Å². The molecule has 1 atom stereocenters. The van der Waals surface area contributed by atoms with Crippen LogP contribution in [-0.4, -0.2) is 25.8 Å². The quantitative estimate of drug-likeness (QED) is 0.372. The zero-order chi connectivity index (χ0) is 24.9. The molecule has 0 amide bonds. The van der Waals surface area contributed by atoms with Gasteiger partial charge in [0.15, 0.2) is 11.1 Å². The van der Waals surface area contributed by atoms with Crippen molar-refractivity contribution in [3.8, 4) is 0 Å². The number of hydrogen-bond acceptors (Lipinski definition) is 6. The van der Waals surface area contributed by atoms with Crippen LogP contribution in [0.3, 0.4) is 0 Å². The number of hydrogen-bond donors (Lipinski definition) is 2. The van der Waals surface area contributed by atoms with Crippen molar-refractivity contribution >= 4 is 45.9 Å². The van der Waals surface area contributed by atoms with Gasteiger partial charge < -0.3 is 14.8 Å². The van der Waals surface area contributed by atoms with E-state index in [1.54, 1.807) is 17.8 Å². The van der Waals surface area contributed by atoms with Crippen molar-refractivity contribution in [2.75, 3.05) is 5.32 Å². The van der Waals surface area contributed by atoms with E-state index in [0.717, 1.165) is 11.1 Å². The highest BCUT2D eigenvalue weighted by Gasteiger charge is 2.27. The van der Waals surface area contributed by atoms with Gasteiger partial charge in [0.05, 0.1) is 23.3 Å². The van der Waals surface area contributed by atoms with E-state index in [1.807, 2.05) is 19.3 Å². The van der Waals surface area contributed by atoms with Crippen LogP contribution in [0.4, 0.5) is 10.1 Å². The average Bonchev–Trinajstić information content (AvgIpc) is 3.41. The van der Waals surface area contributed by atoms with E-state index in [1.165, 1.54) is 24.3 Å². The SMILES string of the molecule is C[C@@H](Nc1ccc(Cl)nc1C(=O)O)c1cc(F)cc2c(=O)c3c(oc12)C(=Cc1cnn(C)c1)CC3. The highest BCUT2D eigenvalue weighted by Crippen LogP contribution is 2.36. The number of rotatable bonds is 5. The molecule has 10 heteroatoms. The normalized spacial score (nSPS) is 14.9. The van der Waals surface area contributed by atoms with Crippen molar-refractivity contribution in [3.63, 3.8) is 0 Å². The molecule has 0 radical (unpaired) electrons. The largest absolute Gasteiger partial charge is 0.476 e. The van der Waals surface area contributed by atoms with Crippen molar-refractivity contribution in [1.29, 1.82) is 0 Å². The average molecular weight is 495 g/mol. The van der Waals surface area contributed by atoms with E-state index in [0.29, 0.717) is 29.7 Å². The summed E-state index contributed by atoms with van der Waals surface area (Å²) < 4.78 is 22.5. The summed E-state index contributed by atoms with van der Waals surface area (Å²) in [6.45, 7) is 1.72. The van der Waals surface area contributed by atoms with Crippen molar-refractivity contribution in [2.24, 2.45) is 7.05 Å². The number of benzene rings is 1. The van der Waals surface area contributed by atoms with Crippen molar-refractivity contribution in [1.82, 2.24) is 14.8 Å². The molecule has 0 aliphatic heterocycles. The number of carbonyl (C=O) groups is 1. The third-order valence-electron chi connectivity index (χ3n) is 5.98. The predicted molar refractivity (Wildman–Crippen MR) is 130 cm³/mol. The molecule has 0 saturated carbocycles. The third-order valence-corrected chi connectivity index (χ3v) is 6.19. The number of nitrogens with zero attached hydrogens (tertiary/aromatic N) is 3. The van der Waals surface area contributed by atoms with Gasteiger partial charge in [-0.1, -0.05) is 11.6 Å². The van der Waals surface area contributed by atoms with Crippen LogP contribution in [0.1, 0.15) is 52.3 Å². The lowest BCUT2D eigenvalue weighted by atomic mass is 10.0. The number of carboxylic acid groups (broad SMARTS) is 1. The number of aryl methyl sites for hydroxylation is 1. The predicted octanol–water partition coefficient (Wildman–Crippen LogP) is 5.07. The summed E-state index contributed by atoms with van der Waals surface area (Å²) in [5.41, 5.74) is 2.53. The molecular weight excluding hydrogens is 475 g/mol. The molecule has 1 aliphatic rings. The van der Waals surface area contributed by atoms with E-state index in [9.17, 15) is 19.1 Å². The van der Waals surface area contributed by atoms with Gasteiger partial charge in [-0.25, -0.2) is 14.2 Å². The van der Waals surface area contributed by atoms with Crippen LogP contribution in [0, 0.1) is 5.82 Å². The Balaban J connectivity index is 1.63. The smallest absolute Gasteiger partial charge is 0.356 e. The maximum atomic E-state index is 14.6. The van der Waals surface area contributed by atoms with Crippen LogP contribution < -0.4 is 10.7 Å². The number of anilines is 1. The zero-order valence-electron chi connectivity index (χ0n) is 18.8. The van der Waals surface area contributed by atoms with Gasteiger partial charge in [0.25, 0.3) is 0 Å². The molecule has 3 aromatic heterocycles. The molecule has 1 aliphatic carbocycles. The minimum absolute atomic E-state index is 0.0336. The molecule has 35 heavy (non-hydrogen) atoms. The molecule has 0 unspecified atom stereocenters.